The van der Waals surface area contributed by atoms with Gasteiger partial charge in [0.15, 0.2) is 0 Å². The van der Waals surface area contributed by atoms with E-state index in [2.05, 4.69) is 26.2 Å². The molecule has 2 nitrogen and oxygen atoms in total. The highest BCUT2D eigenvalue weighted by atomic mass is 79.9. The van der Waals surface area contributed by atoms with E-state index in [1.807, 2.05) is 25.1 Å². The molecule has 1 aromatic carbocycles. The van der Waals surface area contributed by atoms with E-state index in [4.69, 9.17) is 0 Å². The van der Waals surface area contributed by atoms with Crippen molar-refractivity contribution >= 4 is 27.4 Å². The van der Waals surface area contributed by atoms with Crippen molar-refractivity contribution in [3.8, 4) is 0 Å². The summed E-state index contributed by atoms with van der Waals surface area (Å²) in [6.07, 6.45) is 0. The zero-order chi connectivity index (χ0) is 11.5. The number of hydrogen-bond acceptors (Lipinski definition) is 2. The molecule has 4 heteroatoms. The van der Waals surface area contributed by atoms with Crippen LogP contribution >= 0.6 is 15.9 Å². The second-order valence-electron chi connectivity index (χ2n) is 3.43. The number of aromatic nitrogens is 1. The first-order valence-electron chi connectivity index (χ1n) is 4.81. The van der Waals surface area contributed by atoms with Gasteiger partial charge in [-0.05, 0) is 52.7 Å². The minimum absolute atomic E-state index is 0.261. The molecule has 1 aromatic heterocycles. The Kier molecular flexibility index (Phi) is 3.19. The summed E-state index contributed by atoms with van der Waals surface area (Å²) in [7, 11) is 0. The van der Waals surface area contributed by atoms with E-state index >= 15 is 0 Å². The lowest BCUT2D eigenvalue weighted by Crippen LogP contribution is -1.96. The maximum Gasteiger partial charge on any atom is 0.131 e. The fourth-order valence-electron chi connectivity index (χ4n) is 1.34. The standard InChI is InChI=1S/C12H10BrFN2/c1-8-5-6-9(14)7-10(8)15-12-4-2-3-11(13)16-12/h2-7H,1H3,(H,15,16). The number of nitrogens with zero attached hydrogens (tertiary/aromatic N) is 1. The minimum Gasteiger partial charge on any atom is -0.340 e. The van der Waals surface area contributed by atoms with E-state index in [1.165, 1.54) is 12.1 Å². The number of aryl methyl sites for hydroxylation is 1. The van der Waals surface area contributed by atoms with Crippen LogP contribution in [0.5, 0.6) is 0 Å². The van der Waals surface area contributed by atoms with Gasteiger partial charge in [-0.2, -0.15) is 0 Å². The topological polar surface area (TPSA) is 24.9 Å². The van der Waals surface area contributed by atoms with Crippen LogP contribution in [0.4, 0.5) is 15.9 Å². The first kappa shape index (κ1) is 11.1. The number of nitrogens with one attached hydrogen (secondary N) is 1. The van der Waals surface area contributed by atoms with Gasteiger partial charge in [0.2, 0.25) is 0 Å². The highest BCUT2D eigenvalue weighted by Crippen LogP contribution is 2.21. The average molecular weight is 281 g/mol. The Labute approximate surface area is 102 Å². The largest absolute Gasteiger partial charge is 0.340 e. The lowest BCUT2D eigenvalue weighted by atomic mass is 10.2. The molecule has 0 spiro atoms. The number of hydrogen-bond donors (Lipinski definition) is 1. The highest BCUT2D eigenvalue weighted by Gasteiger charge is 2.01. The molecule has 0 radical (unpaired) electrons. The highest BCUT2D eigenvalue weighted by molar-refractivity contribution is 9.10. The van der Waals surface area contributed by atoms with Gasteiger partial charge >= 0.3 is 0 Å². The smallest absolute Gasteiger partial charge is 0.131 e. The van der Waals surface area contributed by atoms with Crippen molar-refractivity contribution in [1.82, 2.24) is 4.98 Å². The SMILES string of the molecule is Cc1ccc(F)cc1Nc1cccc(Br)n1. The Morgan fingerprint density at radius 1 is 1.25 bits per heavy atom. The lowest BCUT2D eigenvalue weighted by molar-refractivity contribution is 0.628. The molecule has 0 aliphatic rings. The predicted molar refractivity (Wildman–Crippen MR) is 66.4 cm³/mol. The minimum atomic E-state index is -0.261. The Bertz CT molecular complexity index is 514. The molecule has 0 fully saturated rings. The van der Waals surface area contributed by atoms with Crippen molar-refractivity contribution in [3.05, 3.63) is 52.4 Å². The molecule has 0 saturated carbocycles. The first-order chi connectivity index (χ1) is 7.65. The quantitative estimate of drug-likeness (QED) is 0.840. The van der Waals surface area contributed by atoms with Gasteiger partial charge < -0.3 is 5.32 Å². The summed E-state index contributed by atoms with van der Waals surface area (Å²) < 4.78 is 13.8. The van der Waals surface area contributed by atoms with Gasteiger partial charge in [-0.1, -0.05) is 12.1 Å². The number of pyridine rings is 1. The molecule has 1 N–H and O–H groups in total. The number of anilines is 2. The third-order valence-corrected chi connectivity index (χ3v) is 2.62. The Hall–Kier alpha value is -1.42. The molecule has 16 heavy (non-hydrogen) atoms. The van der Waals surface area contributed by atoms with Crippen LogP contribution in [0.2, 0.25) is 0 Å². The molecule has 0 unspecified atom stereocenters. The summed E-state index contributed by atoms with van der Waals surface area (Å²) in [5.41, 5.74) is 1.70. The van der Waals surface area contributed by atoms with Crippen molar-refractivity contribution in [2.24, 2.45) is 0 Å². The van der Waals surface area contributed by atoms with E-state index in [0.717, 1.165) is 15.9 Å². The molecular formula is C12H10BrFN2. The molecule has 1 heterocycles. The maximum atomic E-state index is 13.1. The van der Waals surface area contributed by atoms with Crippen LogP contribution in [-0.4, -0.2) is 4.98 Å². The second kappa shape index (κ2) is 4.61. The molecule has 0 aliphatic carbocycles. The average Bonchev–Trinajstić information content (AvgIpc) is 2.24. The van der Waals surface area contributed by atoms with Gasteiger partial charge in [-0.3, -0.25) is 0 Å². The van der Waals surface area contributed by atoms with E-state index < -0.39 is 0 Å². The zero-order valence-electron chi connectivity index (χ0n) is 8.67. The number of halogens is 2. The van der Waals surface area contributed by atoms with E-state index in [-0.39, 0.29) is 5.82 Å². The van der Waals surface area contributed by atoms with Crippen molar-refractivity contribution in [1.29, 1.82) is 0 Å². The second-order valence-corrected chi connectivity index (χ2v) is 4.24. The van der Waals surface area contributed by atoms with Crippen LogP contribution in [0, 0.1) is 12.7 Å². The maximum absolute atomic E-state index is 13.1. The van der Waals surface area contributed by atoms with Crippen LogP contribution < -0.4 is 5.32 Å². The lowest BCUT2D eigenvalue weighted by Gasteiger charge is -2.08. The molecule has 0 amide bonds. The number of benzene rings is 1. The molecule has 0 bridgehead atoms. The van der Waals surface area contributed by atoms with Gasteiger partial charge in [-0.15, -0.1) is 0 Å². The predicted octanol–water partition coefficient (Wildman–Crippen LogP) is 4.04. The molecule has 0 aliphatic heterocycles. The van der Waals surface area contributed by atoms with Crippen molar-refractivity contribution in [3.63, 3.8) is 0 Å². The Morgan fingerprint density at radius 2 is 2.06 bits per heavy atom. The fourth-order valence-corrected chi connectivity index (χ4v) is 1.69. The van der Waals surface area contributed by atoms with Gasteiger partial charge in [0.1, 0.15) is 16.2 Å². The van der Waals surface area contributed by atoms with Crippen LogP contribution in [0.15, 0.2) is 41.0 Å². The Morgan fingerprint density at radius 3 is 2.81 bits per heavy atom. The Balaban J connectivity index is 2.30. The van der Waals surface area contributed by atoms with Gasteiger partial charge in [0, 0.05) is 5.69 Å². The zero-order valence-corrected chi connectivity index (χ0v) is 10.3. The van der Waals surface area contributed by atoms with Gasteiger partial charge in [0.05, 0.1) is 0 Å². The molecule has 2 aromatic rings. The van der Waals surface area contributed by atoms with Crippen LogP contribution in [-0.2, 0) is 0 Å². The number of rotatable bonds is 2. The van der Waals surface area contributed by atoms with Gasteiger partial charge in [-0.25, -0.2) is 9.37 Å². The fraction of sp³-hybridized carbons (Fsp3) is 0.0833. The molecule has 2 rings (SSSR count). The van der Waals surface area contributed by atoms with E-state index in [9.17, 15) is 4.39 Å². The monoisotopic (exact) mass is 280 g/mol. The third-order valence-electron chi connectivity index (χ3n) is 2.18. The van der Waals surface area contributed by atoms with Crippen LogP contribution in [0.1, 0.15) is 5.56 Å². The molecule has 0 saturated heterocycles. The summed E-state index contributed by atoms with van der Waals surface area (Å²) >= 11 is 3.28. The van der Waals surface area contributed by atoms with Crippen LogP contribution in [0.25, 0.3) is 0 Å². The normalized spacial score (nSPS) is 10.2. The summed E-state index contributed by atoms with van der Waals surface area (Å²) in [6.45, 7) is 1.92. The van der Waals surface area contributed by atoms with Gasteiger partial charge in [0.25, 0.3) is 0 Å². The summed E-state index contributed by atoms with van der Waals surface area (Å²) in [4.78, 5) is 4.22. The summed E-state index contributed by atoms with van der Waals surface area (Å²) in [5.74, 6) is 0.422. The van der Waals surface area contributed by atoms with E-state index in [0.29, 0.717) is 5.82 Å². The van der Waals surface area contributed by atoms with Crippen molar-refractivity contribution in [2.45, 2.75) is 6.92 Å². The molecular weight excluding hydrogens is 271 g/mol. The first-order valence-corrected chi connectivity index (χ1v) is 5.60. The molecule has 82 valence electrons. The summed E-state index contributed by atoms with van der Waals surface area (Å²) in [5, 5.41) is 3.07. The third kappa shape index (κ3) is 2.58. The van der Waals surface area contributed by atoms with Crippen molar-refractivity contribution in [2.75, 3.05) is 5.32 Å². The van der Waals surface area contributed by atoms with Crippen molar-refractivity contribution < 1.29 is 4.39 Å². The summed E-state index contributed by atoms with van der Waals surface area (Å²) in [6, 6.07) is 10.2. The van der Waals surface area contributed by atoms with E-state index in [1.54, 1.807) is 6.07 Å². The van der Waals surface area contributed by atoms with Crippen LogP contribution in [0.3, 0.4) is 0 Å². The molecule has 0 atom stereocenters.